The first kappa shape index (κ1) is 17.2. The number of carboxylic acids is 2. The molecule has 2 aromatic heterocycles. The molecule has 0 fully saturated rings. The number of pyridine rings is 1. The number of rotatable bonds is 6. The van der Waals surface area contributed by atoms with Crippen molar-refractivity contribution in [3.8, 4) is 11.3 Å². The van der Waals surface area contributed by atoms with Crippen LogP contribution in [0, 0.1) is 0 Å². The summed E-state index contributed by atoms with van der Waals surface area (Å²) in [4.78, 5) is 38.5. The van der Waals surface area contributed by atoms with E-state index in [4.69, 9.17) is 10.2 Å². The van der Waals surface area contributed by atoms with Crippen molar-refractivity contribution in [3.05, 3.63) is 60.4 Å². The van der Waals surface area contributed by atoms with Crippen LogP contribution in [0.15, 0.2) is 54.9 Å². The number of carbonyl (C=O) groups excluding carboxylic acids is 1. The summed E-state index contributed by atoms with van der Waals surface area (Å²) in [6.07, 6.45) is 2.75. The third-order valence-electron chi connectivity index (χ3n) is 3.77. The fourth-order valence-corrected chi connectivity index (χ4v) is 2.49. The first-order valence-electron chi connectivity index (χ1n) is 7.73. The molecular formula is C18H15N3O5. The molecule has 0 bridgehead atoms. The average Bonchev–Trinajstić information content (AvgIpc) is 3.04. The standard InChI is InChI=1S/C18H15N3O5/c22-16(23)9-13(18(25)26)20-17(24)12-6-7-21-10-14(19-15(21)8-12)11-4-2-1-3-5-11/h1-8,10,13H,9H2,(H,20,24)(H,22,23)(H,25,26). The lowest BCUT2D eigenvalue weighted by atomic mass is 10.2. The molecule has 3 aromatic rings. The number of aliphatic carboxylic acids is 2. The molecule has 8 heteroatoms. The molecule has 0 radical (unpaired) electrons. The molecule has 1 amide bonds. The van der Waals surface area contributed by atoms with Crippen molar-refractivity contribution in [2.75, 3.05) is 0 Å². The number of carboxylic acid groups (broad SMARTS) is 2. The van der Waals surface area contributed by atoms with Crippen LogP contribution in [0.25, 0.3) is 16.9 Å². The minimum atomic E-state index is -1.50. The summed E-state index contributed by atoms with van der Waals surface area (Å²) in [5.41, 5.74) is 2.37. The van der Waals surface area contributed by atoms with Crippen molar-refractivity contribution in [2.24, 2.45) is 0 Å². The number of hydrogen-bond donors (Lipinski definition) is 3. The summed E-state index contributed by atoms with van der Waals surface area (Å²) in [6, 6.07) is 11.0. The Kier molecular flexibility index (Phi) is 4.66. The van der Waals surface area contributed by atoms with Gasteiger partial charge >= 0.3 is 11.9 Å². The van der Waals surface area contributed by atoms with Crippen molar-refractivity contribution < 1.29 is 24.6 Å². The molecule has 3 N–H and O–H groups in total. The third-order valence-corrected chi connectivity index (χ3v) is 3.77. The van der Waals surface area contributed by atoms with E-state index >= 15 is 0 Å². The highest BCUT2D eigenvalue weighted by molar-refractivity contribution is 5.98. The molecule has 3 rings (SSSR count). The molecule has 0 aliphatic carbocycles. The Morgan fingerprint density at radius 2 is 1.85 bits per heavy atom. The number of imidazole rings is 1. The van der Waals surface area contributed by atoms with Gasteiger partial charge in [0.25, 0.3) is 5.91 Å². The van der Waals surface area contributed by atoms with Crippen LogP contribution in [0.1, 0.15) is 16.8 Å². The van der Waals surface area contributed by atoms with Gasteiger partial charge in [-0.15, -0.1) is 0 Å². The maximum absolute atomic E-state index is 12.3. The second kappa shape index (κ2) is 7.06. The van der Waals surface area contributed by atoms with Gasteiger partial charge in [-0.25, -0.2) is 9.78 Å². The van der Waals surface area contributed by atoms with Crippen LogP contribution < -0.4 is 5.32 Å². The number of aromatic nitrogens is 2. The molecule has 132 valence electrons. The minimum absolute atomic E-state index is 0.194. The number of carbonyl (C=O) groups is 3. The minimum Gasteiger partial charge on any atom is -0.481 e. The number of nitrogens with zero attached hydrogens (tertiary/aromatic N) is 2. The Hall–Kier alpha value is -3.68. The van der Waals surface area contributed by atoms with Gasteiger partial charge in [-0.05, 0) is 12.1 Å². The van der Waals surface area contributed by atoms with Gasteiger partial charge in [-0.3, -0.25) is 9.59 Å². The topological polar surface area (TPSA) is 121 Å². The van der Waals surface area contributed by atoms with Crippen LogP contribution in [0.4, 0.5) is 0 Å². The van der Waals surface area contributed by atoms with E-state index < -0.39 is 30.3 Å². The van der Waals surface area contributed by atoms with Crippen molar-refractivity contribution in [3.63, 3.8) is 0 Å². The molecule has 0 spiro atoms. The van der Waals surface area contributed by atoms with E-state index in [0.29, 0.717) is 5.65 Å². The van der Waals surface area contributed by atoms with E-state index in [2.05, 4.69) is 10.3 Å². The number of benzene rings is 1. The fourth-order valence-electron chi connectivity index (χ4n) is 2.49. The lowest BCUT2D eigenvalue weighted by molar-refractivity contribution is -0.145. The summed E-state index contributed by atoms with van der Waals surface area (Å²) < 4.78 is 1.74. The second-order valence-electron chi connectivity index (χ2n) is 5.64. The van der Waals surface area contributed by atoms with Crippen LogP contribution in [-0.2, 0) is 9.59 Å². The molecule has 0 saturated heterocycles. The van der Waals surface area contributed by atoms with Gasteiger partial charge in [-0.2, -0.15) is 0 Å². The highest BCUT2D eigenvalue weighted by Crippen LogP contribution is 2.19. The Balaban J connectivity index is 1.85. The lowest BCUT2D eigenvalue weighted by Gasteiger charge is -2.12. The Labute approximate surface area is 147 Å². The molecule has 1 unspecified atom stereocenters. The molecule has 0 saturated carbocycles. The summed E-state index contributed by atoms with van der Waals surface area (Å²) in [7, 11) is 0. The zero-order chi connectivity index (χ0) is 18.7. The van der Waals surface area contributed by atoms with Crippen LogP contribution in [0.5, 0.6) is 0 Å². The van der Waals surface area contributed by atoms with Crippen LogP contribution in [-0.4, -0.2) is 43.5 Å². The molecule has 0 aliphatic rings. The number of nitrogens with one attached hydrogen (secondary N) is 1. The molecule has 8 nitrogen and oxygen atoms in total. The quantitative estimate of drug-likeness (QED) is 0.620. The van der Waals surface area contributed by atoms with Crippen molar-refractivity contribution in [1.29, 1.82) is 0 Å². The zero-order valence-electron chi connectivity index (χ0n) is 13.5. The Morgan fingerprint density at radius 1 is 1.12 bits per heavy atom. The van der Waals surface area contributed by atoms with E-state index in [-0.39, 0.29) is 5.56 Å². The summed E-state index contributed by atoms with van der Waals surface area (Å²) >= 11 is 0. The molecule has 26 heavy (non-hydrogen) atoms. The predicted molar refractivity (Wildman–Crippen MR) is 91.8 cm³/mol. The number of fused-ring (bicyclic) bond motifs is 1. The Morgan fingerprint density at radius 3 is 2.50 bits per heavy atom. The smallest absolute Gasteiger partial charge is 0.326 e. The largest absolute Gasteiger partial charge is 0.481 e. The van der Waals surface area contributed by atoms with E-state index in [0.717, 1.165) is 11.3 Å². The summed E-state index contributed by atoms with van der Waals surface area (Å²) in [5, 5.41) is 20.0. The SMILES string of the molecule is O=C(O)CC(NC(=O)c1ccn2cc(-c3ccccc3)nc2c1)C(=O)O. The van der Waals surface area contributed by atoms with E-state index in [1.165, 1.54) is 12.1 Å². The van der Waals surface area contributed by atoms with E-state index in [9.17, 15) is 14.4 Å². The first-order chi connectivity index (χ1) is 12.4. The van der Waals surface area contributed by atoms with E-state index in [1.54, 1.807) is 10.6 Å². The number of amides is 1. The van der Waals surface area contributed by atoms with Crippen LogP contribution in [0.2, 0.25) is 0 Å². The van der Waals surface area contributed by atoms with Gasteiger partial charge in [0.15, 0.2) is 0 Å². The second-order valence-corrected chi connectivity index (χ2v) is 5.64. The Bertz CT molecular complexity index is 981. The number of hydrogen-bond acceptors (Lipinski definition) is 4. The first-order valence-corrected chi connectivity index (χ1v) is 7.73. The molecule has 1 atom stereocenters. The maximum Gasteiger partial charge on any atom is 0.326 e. The predicted octanol–water partition coefficient (Wildman–Crippen LogP) is 1.66. The molecular weight excluding hydrogens is 338 g/mol. The van der Waals surface area contributed by atoms with Gasteiger partial charge in [0.05, 0.1) is 12.1 Å². The van der Waals surface area contributed by atoms with Gasteiger partial charge in [0, 0.05) is 23.5 Å². The van der Waals surface area contributed by atoms with Crippen molar-refractivity contribution in [1.82, 2.24) is 14.7 Å². The highest BCUT2D eigenvalue weighted by atomic mass is 16.4. The lowest BCUT2D eigenvalue weighted by Crippen LogP contribution is -2.42. The summed E-state index contributed by atoms with van der Waals surface area (Å²) in [5.74, 6) is -3.40. The van der Waals surface area contributed by atoms with Crippen molar-refractivity contribution in [2.45, 2.75) is 12.5 Å². The van der Waals surface area contributed by atoms with E-state index in [1.807, 2.05) is 36.5 Å². The molecule has 0 aliphatic heterocycles. The normalized spacial score (nSPS) is 11.8. The van der Waals surface area contributed by atoms with Gasteiger partial charge in [-0.1, -0.05) is 30.3 Å². The summed E-state index contributed by atoms with van der Waals surface area (Å²) in [6.45, 7) is 0. The van der Waals surface area contributed by atoms with Crippen molar-refractivity contribution >= 4 is 23.5 Å². The molecule has 2 heterocycles. The zero-order valence-corrected chi connectivity index (χ0v) is 13.5. The third kappa shape index (κ3) is 3.69. The maximum atomic E-state index is 12.3. The van der Waals surface area contributed by atoms with Crippen LogP contribution >= 0.6 is 0 Å². The molecule has 1 aromatic carbocycles. The van der Waals surface area contributed by atoms with Crippen LogP contribution in [0.3, 0.4) is 0 Å². The fraction of sp³-hybridized carbons (Fsp3) is 0.111. The van der Waals surface area contributed by atoms with Gasteiger partial charge < -0.3 is 19.9 Å². The average molecular weight is 353 g/mol. The van der Waals surface area contributed by atoms with Gasteiger partial charge in [0.2, 0.25) is 0 Å². The monoisotopic (exact) mass is 353 g/mol. The highest BCUT2D eigenvalue weighted by Gasteiger charge is 2.23. The van der Waals surface area contributed by atoms with Gasteiger partial charge in [0.1, 0.15) is 11.7 Å².